The lowest BCUT2D eigenvalue weighted by Gasteiger charge is -2.15. The van der Waals surface area contributed by atoms with Crippen LogP contribution in [-0.2, 0) is 10.0 Å². The number of fused-ring (bicyclic) bond motifs is 1. The summed E-state index contributed by atoms with van der Waals surface area (Å²) in [5, 5.41) is 4.49. The van der Waals surface area contributed by atoms with Crippen molar-refractivity contribution in [1.29, 1.82) is 0 Å². The monoisotopic (exact) mass is 524 g/mol. The zero-order valence-corrected chi connectivity index (χ0v) is 20.6. The molecular formula is C25H18ClFN4O4S. The Morgan fingerprint density at radius 2 is 1.86 bits per heavy atom. The number of hydrogen-bond acceptors (Lipinski definition) is 7. The second-order valence-corrected chi connectivity index (χ2v) is 10.0. The van der Waals surface area contributed by atoms with Gasteiger partial charge in [-0.25, -0.2) is 22.8 Å². The number of ether oxygens (including phenoxy) is 1. The third kappa shape index (κ3) is 4.48. The molecule has 0 spiro atoms. The highest BCUT2D eigenvalue weighted by molar-refractivity contribution is 7.92. The van der Waals surface area contributed by atoms with E-state index in [9.17, 15) is 12.8 Å². The van der Waals surface area contributed by atoms with Crippen molar-refractivity contribution >= 4 is 38.3 Å². The van der Waals surface area contributed by atoms with Gasteiger partial charge in [-0.1, -0.05) is 16.8 Å². The van der Waals surface area contributed by atoms with Gasteiger partial charge in [-0.15, -0.1) is 0 Å². The molecule has 0 saturated heterocycles. The van der Waals surface area contributed by atoms with Crippen molar-refractivity contribution in [2.45, 2.75) is 11.8 Å². The molecule has 182 valence electrons. The fraction of sp³-hybridized carbons (Fsp3) is 0.0800. The van der Waals surface area contributed by atoms with Crippen molar-refractivity contribution in [3.63, 3.8) is 0 Å². The number of anilines is 1. The summed E-state index contributed by atoms with van der Waals surface area (Å²) in [6.07, 6.45) is 2.62. The second kappa shape index (κ2) is 9.21. The van der Waals surface area contributed by atoms with Crippen LogP contribution in [0.2, 0.25) is 5.02 Å². The minimum atomic E-state index is -3.91. The van der Waals surface area contributed by atoms with Crippen LogP contribution in [0.1, 0.15) is 5.56 Å². The summed E-state index contributed by atoms with van der Waals surface area (Å²) in [5.41, 5.74) is 3.85. The molecule has 0 bridgehead atoms. The third-order valence-corrected chi connectivity index (χ3v) is 7.14. The molecule has 0 unspecified atom stereocenters. The molecule has 5 rings (SSSR count). The van der Waals surface area contributed by atoms with Crippen LogP contribution in [0.4, 0.5) is 10.2 Å². The molecule has 0 radical (unpaired) electrons. The standard InChI is InChI=1S/C25H18ClFN4O4S/c1-14-7-21(23(34-2)12-20(14)15-8-16(26)10-17(27)9-15)25-19-4-3-18(11-22(19)28-13-29-25)36(32,33)31-24-5-6-35-30-24/h3-13H,1-2H3,(H,30,31). The summed E-state index contributed by atoms with van der Waals surface area (Å²) < 4.78 is 52.2. The average molecular weight is 525 g/mol. The lowest BCUT2D eigenvalue weighted by molar-refractivity contribution is 0.416. The molecule has 11 heteroatoms. The number of methoxy groups -OCH3 is 1. The van der Waals surface area contributed by atoms with E-state index in [0.29, 0.717) is 33.5 Å². The maximum Gasteiger partial charge on any atom is 0.263 e. The third-order valence-electron chi connectivity index (χ3n) is 5.57. The molecule has 3 aromatic carbocycles. The molecular weight excluding hydrogens is 507 g/mol. The largest absolute Gasteiger partial charge is 0.496 e. The van der Waals surface area contributed by atoms with E-state index in [1.807, 2.05) is 13.0 Å². The zero-order chi connectivity index (χ0) is 25.4. The first-order valence-electron chi connectivity index (χ1n) is 10.6. The Bertz CT molecular complexity index is 1690. The molecule has 2 aromatic heterocycles. The maximum absolute atomic E-state index is 14.0. The number of rotatable bonds is 6. The smallest absolute Gasteiger partial charge is 0.263 e. The maximum atomic E-state index is 14.0. The van der Waals surface area contributed by atoms with Crippen molar-refractivity contribution in [1.82, 2.24) is 15.1 Å². The summed E-state index contributed by atoms with van der Waals surface area (Å²) in [6, 6.07) is 14.0. The number of benzene rings is 3. The minimum absolute atomic E-state index is 0.00382. The Labute approximate surface area is 210 Å². The topological polar surface area (TPSA) is 107 Å². The average Bonchev–Trinajstić information content (AvgIpc) is 3.35. The highest BCUT2D eigenvalue weighted by atomic mass is 35.5. The Balaban J connectivity index is 1.60. The number of aryl methyl sites for hydroxylation is 1. The van der Waals surface area contributed by atoms with E-state index >= 15 is 0 Å². The molecule has 5 aromatic rings. The van der Waals surface area contributed by atoms with Crippen molar-refractivity contribution in [3.05, 3.63) is 83.6 Å². The highest BCUT2D eigenvalue weighted by Gasteiger charge is 2.20. The highest BCUT2D eigenvalue weighted by Crippen LogP contribution is 2.39. The quantitative estimate of drug-likeness (QED) is 0.296. The van der Waals surface area contributed by atoms with Crippen molar-refractivity contribution in [2.75, 3.05) is 11.8 Å². The van der Waals surface area contributed by atoms with E-state index in [1.165, 1.54) is 50.0 Å². The molecule has 0 amide bonds. The molecule has 36 heavy (non-hydrogen) atoms. The lowest BCUT2D eigenvalue weighted by atomic mass is 9.95. The number of nitrogens with one attached hydrogen (secondary N) is 1. The van der Waals surface area contributed by atoms with Crippen LogP contribution in [0.5, 0.6) is 5.75 Å². The van der Waals surface area contributed by atoms with Crippen molar-refractivity contribution in [3.8, 4) is 28.1 Å². The van der Waals surface area contributed by atoms with E-state index in [4.69, 9.17) is 16.3 Å². The van der Waals surface area contributed by atoms with Crippen LogP contribution in [0.3, 0.4) is 0 Å². The fourth-order valence-electron chi connectivity index (χ4n) is 3.94. The van der Waals surface area contributed by atoms with E-state index in [0.717, 1.165) is 11.1 Å². The van der Waals surface area contributed by atoms with Gasteiger partial charge in [0.2, 0.25) is 0 Å². The first-order valence-corrected chi connectivity index (χ1v) is 12.4. The predicted molar refractivity (Wildman–Crippen MR) is 134 cm³/mol. The molecule has 8 nitrogen and oxygen atoms in total. The molecule has 0 fully saturated rings. The van der Waals surface area contributed by atoms with E-state index in [-0.39, 0.29) is 15.7 Å². The van der Waals surface area contributed by atoms with Gasteiger partial charge in [0.05, 0.1) is 23.2 Å². The molecule has 0 saturated carbocycles. The molecule has 0 atom stereocenters. The summed E-state index contributed by atoms with van der Waals surface area (Å²) in [6.45, 7) is 1.89. The van der Waals surface area contributed by atoms with E-state index in [1.54, 1.807) is 18.2 Å². The predicted octanol–water partition coefficient (Wildman–Crippen LogP) is 5.86. The molecule has 0 aliphatic rings. The Kier molecular flexibility index (Phi) is 6.07. The SMILES string of the molecule is COc1cc(-c2cc(F)cc(Cl)c2)c(C)cc1-c1ncnc2cc(S(=O)(=O)Nc3ccon3)ccc12. The van der Waals surface area contributed by atoms with Crippen molar-refractivity contribution < 1.29 is 22.1 Å². The van der Waals surface area contributed by atoms with Crippen molar-refractivity contribution in [2.24, 2.45) is 0 Å². The van der Waals surface area contributed by atoms with Gasteiger partial charge < -0.3 is 9.26 Å². The van der Waals surface area contributed by atoms with Gasteiger partial charge in [-0.05, 0) is 72.1 Å². The van der Waals surface area contributed by atoms with Gasteiger partial charge in [0.1, 0.15) is 24.2 Å². The van der Waals surface area contributed by atoms with Crippen LogP contribution < -0.4 is 9.46 Å². The first kappa shape index (κ1) is 23.7. The molecule has 1 N–H and O–H groups in total. The van der Waals surface area contributed by atoms with E-state index < -0.39 is 15.8 Å². The Morgan fingerprint density at radius 1 is 1.03 bits per heavy atom. The lowest BCUT2D eigenvalue weighted by Crippen LogP contribution is -2.13. The molecule has 2 heterocycles. The minimum Gasteiger partial charge on any atom is -0.496 e. The normalized spacial score (nSPS) is 11.6. The second-order valence-electron chi connectivity index (χ2n) is 7.92. The number of halogens is 2. The van der Waals surface area contributed by atoms with Gasteiger partial charge >= 0.3 is 0 Å². The van der Waals surface area contributed by atoms with Gasteiger partial charge in [0.25, 0.3) is 10.0 Å². The summed E-state index contributed by atoms with van der Waals surface area (Å²) in [5.74, 6) is 0.129. The van der Waals surface area contributed by atoms with Crippen LogP contribution in [0.25, 0.3) is 33.3 Å². The summed E-state index contributed by atoms with van der Waals surface area (Å²) in [7, 11) is -2.39. The first-order chi connectivity index (χ1) is 17.2. The van der Waals surface area contributed by atoms with Gasteiger partial charge in [0.15, 0.2) is 5.82 Å². The van der Waals surface area contributed by atoms with Gasteiger partial charge in [-0.3, -0.25) is 4.72 Å². The summed E-state index contributed by atoms with van der Waals surface area (Å²) >= 11 is 6.06. The number of aromatic nitrogens is 3. The van der Waals surface area contributed by atoms with Crippen LogP contribution in [-0.4, -0.2) is 30.7 Å². The molecule has 0 aliphatic heterocycles. The van der Waals surface area contributed by atoms with Crippen LogP contribution in [0.15, 0.2) is 76.6 Å². The number of nitrogens with zero attached hydrogens (tertiary/aromatic N) is 3. The van der Waals surface area contributed by atoms with Gasteiger partial charge in [-0.2, -0.15) is 0 Å². The van der Waals surface area contributed by atoms with Crippen LogP contribution >= 0.6 is 11.6 Å². The Hall–Kier alpha value is -4.02. The van der Waals surface area contributed by atoms with Gasteiger partial charge in [0, 0.05) is 22.0 Å². The van der Waals surface area contributed by atoms with E-state index in [2.05, 4.69) is 24.4 Å². The fourth-order valence-corrected chi connectivity index (χ4v) is 5.18. The number of hydrogen-bond donors (Lipinski definition) is 1. The Morgan fingerprint density at radius 3 is 2.58 bits per heavy atom. The zero-order valence-electron chi connectivity index (χ0n) is 19.0. The molecule has 0 aliphatic carbocycles. The summed E-state index contributed by atoms with van der Waals surface area (Å²) in [4.78, 5) is 8.72. The van der Waals surface area contributed by atoms with Crippen LogP contribution in [0, 0.1) is 12.7 Å². The number of sulfonamides is 1.